The van der Waals surface area contributed by atoms with Gasteiger partial charge in [0.15, 0.2) is 0 Å². The van der Waals surface area contributed by atoms with Gasteiger partial charge in [-0.05, 0) is 0 Å². The molecule has 0 atom stereocenters. The molecule has 0 unspecified atom stereocenters. The summed E-state index contributed by atoms with van der Waals surface area (Å²) in [5, 5.41) is 0. The molecule has 0 fully saturated rings. The van der Waals surface area contributed by atoms with Gasteiger partial charge in [0.05, 0.1) is 0 Å². The Bertz CT molecular complexity index is 347. The van der Waals surface area contributed by atoms with E-state index >= 15 is 0 Å². The van der Waals surface area contributed by atoms with Crippen molar-refractivity contribution in [3.8, 4) is 0 Å². The molecule has 0 saturated heterocycles. The first-order valence-corrected chi connectivity index (χ1v) is 14.1. The molecule has 0 aliphatic rings. The second-order valence-corrected chi connectivity index (χ2v) is 18.6. The van der Waals surface area contributed by atoms with Gasteiger partial charge in [-0.25, -0.2) is 0 Å². The molecule has 100 valence electrons. The van der Waals surface area contributed by atoms with E-state index in [9.17, 15) is 0 Å². The third-order valence-electron chi connectivity index (χ3n) is 3.00. The van der Waals surface area contributed by atoms with Crippen LogP contribution in [0, 0.1) is 6.92 Å². The Kier molecular flexibility index (Phi) is 4.79. The van der Waals surface area contributed by atoms with Crippen molar-refractivity contribution in [3.05, 3.63) is 34.9 Å². The minimum atomic E-state index is -1.000. The predicted octanol–water partition coefficient (Wildman–Crippen LogP) is 4.27. The Morgan fingerprint density at radius 2 is 1.12 bits per heavy atom. The predicted molar refractivity (Wildman–Crippen MR) is 90.8 cm³/mol. The van der Waals surface area contributed by atoms with E-state index in [1.165, 1.54) is 12.3 Å². The molecule has 0 aliphatic heterocycles. The molecule has 17 heavy (non-hydrogen) atoms. The van der Waals surface area contributed by atoms with Gasteiger partial charge in [0.25, 0.3) is 0 Å². The summed E-state index contributed by atoms with van der Waals surface area (Å²) in [5.41, 5.74) is 4.76. The molecule has 1 aromatic rings. The van der Waals surface area contributed by atoms with Gasteiger partial charge in [0.2, 0.25) is 0 Å². The van der Waals surface area contributed by atoms with E-state index in [-0.39, 0.29) is 0 Å². The van der Waals surface area contributed by atoms with Crippen LogP contribution in [0.25, 0.3) is 0 Å². The van der Waals surface area contributed by atoms with E-state index < -0.39 is 14.5 Å². The van der Waals surface area contributed by atoms with E-state index in [2.05, 4.69) is 65.1 Å². The second kappa shape index (κ2) is 5.38. The monoisotopic (exact) mass is 272 g/mol. The van der Waals surface area contributed by atoms with Crippen LogP contribution in [0.3, 0.4) is 0 Å². The van der Waals surface area contributed by atoms with Gasteiger partial charge in [-0.15, -0.1) is 0 Å². The van der Waals surface area contributed by atoms with E-state index in [1.807, 2.05) is 0 Å². The fourth-order valence-electron chi connectivity index (χ4n) is 2.26. The van der Waals surface area contributed by atoms with E-state index in [0.717, 1.165) is 0 Å². The molecule has 0 N–H and O–H groups in total. The summed E-state index contributed by atoms with van der Waals surface area (Å²) in [5.74, 6) is 0. The Morgan fingerprint density at radius 1 is 0.765 bits per heavy atom. The van der Waals surface area contributed by atoms with Crippen molar-refractivity contribution in [1.82, 2.24) is 0 Å². The van der Waals surface area contributed by atoms with Crippen molar-refractivity contribution in [2.45, 2.75) is 19.2 Å². The third kappa shape index (κ3) is 5.50. The average molecular weight is 272 g/mol. The summed E-state index contributed by atoms with van der Waals surface area (Å²) in [7, 11) is -2.00. The maximum absolute atomic E-state index is 2.46. The molecule has 0 bridgehead atoms. The summed E-state index contributed by atoms with van der Waals surface area (Å²) in [6, 6.07) is 6.93. The SMILES string of the molecule is Cc1c(C[PH](C)(C)C)cccc1C[PH](C)(C)C. The van der Waals surface area contributed by atoms with Gasteiger partial charge in [-0.1, -0.05) is 0 Å². The standard InChI is InChI=1S/C15H30P2/c1-13-14(11-16(2,3)4)9-8-10-15(13)12-17(5,6)7/h8-10,16-17H,11-12H2,1-7H3. The summed E-state index contributed by atoms with van der Waals surface area (Å²) in [6.45, 7) is 17.1. The summed E-state index contributed by atoms with van der Waals surface area (Å²) < 4.78 is 0. The number of hydrogen-bond donors (Lipinski definition) is 0. The normalized spacial score (nSPS) is 14.8. The van der Waals surface area contributed by atoms with Crippen molar-refractivity contribution in [3.63, 3.8) is 0 Å². The average Bonchev–Trinajstić information content (AvgIpc) is 2.07. The van der Waals surface area contributed by atoms with E-state index in [0.29, 0.717) is 0 Å². The van der Waals surface area contributed by atoms with Crippen molar-refractivity contribution in [2.75, 3.05) is 40.0 Å². The first kappa shape index (κ1) is 15.1. The van der Waals surface area contributed by atoms with Gasteiger partial charge >= 0.3 is 109 Å². The van der Waals surface area contributed by atoms with Gasteiger partial charge < -0.3 is 0 Å². The van der Waals surface area contributed by atoms with Crippen LogP contribution in [-0.2, 0) is 12.3 Å². The van der Waals surface area contributed by atoms with Crippen molar-refractivity contribution < 1.29 is 0 Å². The minimum absolute atomic E-state index is 1.000. The van der Waals surface area contributed by atoms with Gasteiger partial charge in [-0.3, -0.25) is 0 Å². The van der Waals surface area contributed by atoms with Gasteiger partial charge in [-0.2, -0.15) is 0 Å². The second-order valence-electron chi connectivity index (χ2n) is 7.68. The van der Waals surface area contributed by atoms with Crippen LogP contribution in [0.1, 0.15) is 16.7 Å². The van der Waals surface area contributed by atoms with Gasteiger partial charge in [0, 0.05) is 0 Å². The molecular weight excluding hydrogens is 242 g/mol. The van der Waals surface area contributed by atoms with Gasteiger partial charge in [0.1, 0.15) is 0 Å². The number of hydrogen-bond acceptors (Lipinski definition) is 0. The van der Waals surface area contributed by atoms with Crippen molar-refractivity contribution in [1.29, 1.82) is 0 Å². The Balaban J connectivity index is 3.00. The van der Waals surface area contributed by atoms with Crippen LogP contribution in [0.4, 0.5) is 0 Å². The molecule has 0 aliphatic carbocycles. The molecule has 1 rings (SSSR count). The molecule has 1 aromatic carbocycles. The fourth-order valence-corrected chi connectivity index (χ4v) is 5.31. The zero-order chi connectivity index (χ0) is 13.3. The molecular formula is C15H30P2. The van der Waals surface area contributed by atoms with Crippen LogP contribution in [-0.4, -0.2) is 40.0 Å². The van der Waals surface area contributed by atoms with Crippen LogP contribution in [0.2, 0.25) is 0 Å². The molecule has 2 heteroatoms. The fraction of sp³-hybridized carbons (Fsp3) is 0.600. The molecule has 0 nitrogen and oxygen atoms in total. The van der Waals surface area contributed by atoms with Crippen LogP contribution in [0.5, 0.6) is 0 Å². The molecule has 0 spiro atoms. The van der Waals surface area contributed by atoms with Crippen LogP contribution >= 0.6 is 14.5 Å². The Labute approximate surface area is 109 Å². The van der Waals surface area contributed by atoms with Crippen molar-refractivity contribution >= 4 is 14.5 Å². The van der Waals surface area contributed by atoms with E-state index in [1.54, 1.807) is 16.7 Å². The van der Waals surface area contributed by atoms with Crippen LogP contribution in [0.15, 0.2) is 18.2 Å². The molecule has 0 heterocycles. The van der Waals surface area contributed by atoms with Crippen molar-refractivity contribution in [2.24, 2.45) is 0 Å². The quantitative estimate of drug-likeness (QED) is 0.718. The third-order valence-corrected chi connectivity index (χ3v) is 5.88. The first-order chi connectivity index (χ1) is 7.58. The number of benzene rings is 1. The number of rotatable bonds is 4. The summed E-state index contributed by atoms with van der Waals surface area (Å²) in [6.07, 6.45) is 2.64. The zero-order valence-corrected chi connectivity index (χ0v) is 14.6. The Morgan fingerprint density at radius 3 is 1.41 bits per heavy atom. The van der Waals surface area contributed by atoms with Crippen LogP contribution < -0.4 is 0 Å². The molecule has 0 amide bonds. The summed E-state index contributed by atoms with van der Waals surface area (Å²) in [4.78, 5) is 0. The van der Waals surface area contributed by atoms with E-state index in [4.69, 9.17) is 0 Å². The topological polar surface area (TPSA) is 0 Å². The molecule has 0 aromatic heterocycles. The zero-order valence-electron chi connectivity index (χ0n) is 12.6. The maximum atomic E-state index is 2.46. The summed E-state index contributed by atoms with van der Waals surface area (Å²) >= 11 is 0. The Hall–Kier alpha value is 0.0800. The first-order valence-electron chi connectivity index (χ1n) is 6.66. The molecule has 0 saturated carbocycles. The molecule has 0 radical (unpaired) electrons.